The van der Waals surface area contributed by atoms with E-state index in [1.165, 1.54) is 0 Å². The van der Waals surface area contributed by atoms with Gasteiger partial charge in [-0.15, -0.1) is 0 Å². The first kappa shape index (κ1) is 19.3. The van der Waals surface area contributed by atoms with Crippen molar-refractivity contribution in [3.8, 4) is 0 Å². The van der Waals surface area contributed by atoms with E-state index in [-0.39, 0.29) is 0 Å². The number of hydrogen-bond acceptors (Lipinski definition) is 0. The molecule has 0 amide bonds. The topological polar surface area (TPSA) is 0 Å². The Morgan fingerprint density at radius 3 is 1.05 bits per heavy atom. The van der Waals surface area contributed by atoms with Crippen LogP contribution in [0, 0.1) is 29.1 Å². The van der Waals surface area contributed by atoms with E-state index < -0.39 is 62.8 Å². The molecule has 126 valence electrons. The molecule has 0 aromatic heterocycles. The van der Waals surface area contributed by atoms with Gasteiger partial charge in [-0.1, -0.05) is 0 Å². The van der Waals surface area contributed by atoms with Crippen molar-refractivity contribution in [3.05, 3.63) is 34.6 Å². The molecule has 0 unspecified atom stereocenters. The second-order valence-electron chi connectivity index (χ2n) is 3.58. The third-order valence-corrected chi connectivity index (χ3v) is 5.28. The molecule has 0 spiro atoms. The first-order valence-electron chi connectivity index (χ1n) is 4.64. The fourth-order valence-corrected chi connectivity index (χ4v) is 3.04. The van der Waals surface area contributed by atoms with E-state index in [2.05, 4.69) is 0 Å². The minimum atomic E-state index is -6.66. The van der Waals surface area contributed by atoms with Crippen LogP contribution in [-0.4, -0.2) is 6.18 Å². The quantitative estimate of drug-likeness (QED) is 0.238. The van der Waals surface area contributed by atoms with Gasteiger partial charge in [-0.2, -0.15) is 30.0 Å². The van der Waals surface area contributed by atoms with Gasteiger partial charge in [-0.05, 0) is 0 Å². The maximum atomic E-state index is 13.3. The molecule has 0 N–H and O–H groups in total. The van der Waals surface area contributed by atoms with Crippen LogP contribution in [0.1, 0.15) is 5.56 Å². The first-order chi connectivity index (χ1) is 9.81. The highest BCUT2D eigenvalue weighted by molar-refractivity contribution is 7.66. The molecule has 0 heterocycles. The largest absolute Gasteiger partial charge is 0.416 e. The molecule has 0 atom stereocenters. The predicted octanol–water partition coefficient (Wildman–Crippen LogP) is 6.60. The van der Waals surface area contributed by atoms with Crippen LogP contribution in [0.25, 0.3) is 0 Å². The Balaban J connectivity index is 4.04. The zero-order valence-electron chi connectivity index (χ0n) is 9.43. The molecular weight excluding hydrogens is 386 g/mol. The van der Waals surface area contributed by atoms with Crippen molar-refractivity contribution in [2.24, 2.45) is 0 Å². The van der Waals surface area contributed by atoms with Gasteiger partial charge in [0.2, 0.25) is 5.82 Å². The highest BCUT2D eigenvalue weighted by atomic mass is 31.2. The maximum absolute atomic E-state index is 13.3. The lowest BCUT2D eigenvalue weighted by Gasteiger charge is -2.32. The third-order valence-electron chi connectivity index (χ3n) is 2.44. The number of hydrogen-bond donors (Lipinski definition) is 0. The fraction of sp³-hybridized carbons (Fsp3) is 0.250. The molecule has 0 aliphatic carbocycles. The average Bonchev–Trinajstić information content (AvgIpc) is 2.36. The van der Waals surface area contributed by atoms with Crippen LogP contribution in [0.15, 0.2) is 0 Å². The molecule has 0 aliphatic rings. The van der Waals surface area contributed by atoms with Crippen molar-refractivity contribution in [2.75, 3.05) is 0 Å². The lowest BCUT2D eigenvalue weighted by Crippen LogP contribution is -2.39. The minimum Gasteiger partial charge on any atom is -0.203 e. The lowest BCUT2D eigenvalue weighted by molar-refractivity contribution is -0.146. The van der Waals surface area contributed by atoms with Gasteiger partial charge in [-0.25, -0.2) is 22.0 Å². The van der Waals surface area contributed by atoms with Gasteiger partial charge in [0, 0.05) is 0 Å². The normalized spacial score (nSPS) is 13.4. The molecule has 0 aliphatic heterocycles. The van der Waals surface area contributed by atoms with Crippen LogP contribution in [0.4, 0.5) is 51.9 Å². The predicted molar refractivity (Wildman–Crippen MR) is 52.2 cm³/mol. The Morgan fingerprint density at radius 1 is 0.545 bits per heavy atom. The second kappa shape index (κ2) is 6.03. The van der Waals surface area contributed by atoms with Crippen LogP contribution in [0.3, 0.4) is 0 Å². The molecule has 0 radical (unpaired) electrons. The van der Waals surface area contributed by atoms with Crippen molar-refractivity contribution in [1.82, 2.24) is 0 Å². The molecule has 0 saturated heterocycles. The summed E-state index contributed by atoms with van der Waals surface area (Å²) in [5, 5.41) is 0. The summed E-state index contributed by atoms with van der Waals surface area (Å²) in [5.41, 5.74) is -3.27. The Bertz CT molecular complexity index is 542. The van der Waals surface area contributed by atoms with Crippen LogP contribution < -0.4 is 0 Å². The fourth-order valence-electron chi connectivity index (χ4n) is 1.47. The van der Waals surface area contributed by atoms with Gasteiger partial charge in [0.05, 0.1) is 5.56 Å². The molecule has 0 fully saturated rings. The SMILES string of the molecule is Fc1c(F)c(F)c(C(P(F)F)(P(F)F)C(F)(F)F)c(F)c1F. The highest BCUT2D eigenvalue weighted by Crippen LogP contribution is 2.81. The third kappa shape index (κ3) is 2.54. The summed E-state index contributed by atoms with van der Waals surface area (Å²) in [5.74, 6) is -15.8. The number of alkyl halides is 3. The van der Waals surface area contributed by atoms with Gasteiger partial charge in [-0.3, -0.25) is 0 Å². The average molecular weight is 386 g/mol. The van der Waals surface area contributed by atoms with Crippen LogP contribution in [0.5, 0.6) is 0 Å². The Kier molecular flexibility index (Phi) is 5.29. The van der Waals surface area contributed by atoms with Crippen molar-refractivity contribution in [3.63, 3.8) is 0 Å². The summed E-state index contributed by atoms with van der Waals surface area (Å²) in [6, 6.07) is 0. The van der Waals surface area contributed by atoms with Gasteiger partial charge in [0.15, 0.2) is 23.3 Å². The molecule has 22 heavy (non-hydrogen) atoms. The van der Waals surface area contributed by atoms with E-state index >= 15 is 0 Å². The van der Waals surface area contributed by atoms with Gasteiger partial charge in [0.25, 0.3) is 22.0 Å². The van der Waals surface area contributed by atoms with E-state index in [4.69, 9.17) is 0 Å². The zero-order valence-corrected chi connectivity index (χ0v) is 11.2. The van der Waals surface area contributed by atoms with E-state index in [1.807, 2.05) is 0 Å². The summed E-state index contributed by atoms with van der Waals surface area (Å²) < 4.78 is 154. The van der Waals surface area contributed by atoms with Crippen LogP contribution >= 0.6 is 17.1 Å². The minimum absolute atomic E-state index is 2.96. The van der Waals surface area contributed by atoms with Gasteiger partial charge >= 0.3 is 6.18 Å². The van der Waals surface area contributed by atoms with Crippen molar-refractivity contribution < 1.29 is 51.9 Å². The molecule has 1 aromatic carbocycles. The van der Waals surface area contributed by atoms with E-state index in [0.29, 0.717) is 0 Å². The Labute approximate surface area is 116 Å². The summed E-state index contributed by atoms with van der Waals surface area (Å²) in [4.78, 5) is -5.75. The van der Waals surface area contributed by atoms with Crippen LogP contribution in [0.2, 0.25) is 0 Å². The molecule has 0 saturated carbocycles. The molecule has 1 aromatic rings. The van der Waals surface area contributed by atoms with E-state index in [0.717, 1.165) is 0 Å². The molecule has 0 nitrogen and oxygen atoms in total. The van der Waals surface area contributed by atoms with E-state index in [9.17, 15) is 51.9 Å². The zero-order chi connectivity index (χ0) is 17.6. The van der Waals surface area contributed by atoms with Crippen molar-refractivity contribution in [1.29, 1.82) is 0 Å². The van der Waals surface area contributed by atoms with Crippen LogP contribution in [-0.2, 0) is 4.90 Å². The smallest absolute Gasteiger partial charge is 0.203 e. The molecule has 0 bridgehead atoms. The van der Waals surface area contributed by atoms with Crippen molar-refractivity contribution in [2.45, 2.75) is 11.1 Å². The Hall–Kier alpha value is -0.760. The highest BCUT2D eigenvalue weighted by Gasteiger charge is 2.73. The first-order valence-corrected chi connectivity index (χ1v) is 6.88. The summed E-state index contributed by atoms with van der Waals surface area (Å²) in [6.45, 7) is 0. The Morgan fingerprint density at radius 2 is 0.818 bits per heavy atom. The molecule has 14 heteroatoms. The number of rotatable bonds is 3. The molecule has 1 rings (SSSR count). The summed E-state index contributed by atoms with van der Waals surface area (Å²) >= 11 is 0. The molecular formula is C8F12P2. The van der Waals surface area contributed by atoms with Gasteiger partial charge in [0.1, 0.15) is 0 Å². The summed E-state index contributed by atoms with van der Waals surface area (Å²) in [7, 11) is -11.8. The summed E-state index contributed by atoms with van der Waals surface area (Å²) in [6.07, 6.45) is -6.66. The van der Waals surface area contributed by atoms with Gasteiger partial charge < -0.3 is 0 Å². The number of benzene rings is 1. The van der Waals surface area contributed by atoms with E-state index in [1.54, 1.807) is 0 Å². The maximum Gasteiger partial charge on any atom is 0.416 e. The lowest BCUT2D eigenvalue weighted by atomic mass is 10.1. The monoisotopic (exact) mass is 386 g/mol. The standard InChI is InChI=1S/C8F12P2/c9-2-1(3(10)5(12)6(13)4(2)11)7(21(17)18,22(19)20)8(14,15)16. The number of halogens is 12. The second-order valence-corrected chi connectivity index (χ2v) is 6.21. The van der Waals surface area contributed by atoms with Crippen molar-refractivity contribution >= 4 is 17.1 Å².